The van der Waals surface area contributed by atoms with E-state index in [0.29, 0.717) is 23.2 Å². The molecule has 0 atom stereocenters. The van der Waals surface area contributed by atoms with Crippen LogP contribution in [0.25, 0.3) is 17.3 Å². The maximum atomic E-state index is 12.3. The lowest BCUT2D eigenvalue weighted by Gasteiger charge is -2.12. The van der Waals surface area contributed by atoms with Gasteiger partial charge in [-0.1, -0.05) is 12.1 Å². The number of hydrogen-bond donors (Lipinski definition) is 1. The molecule has 1 aromatic heterocycles. The van der Waals surface area contributed by atoms with Gasteiger partial charge in [0.25, 0.3) is 0 Å². The van der Waals surface area contributed by atoms with Crippen molar-refractivity contribution in [3.63, 3.8) is 0 Å². The van der Waals surface area contributed by atoms with Gasteiger partial charge in [0.1, 0.15) is 5.75 Å². The summed E-state index contributed by atoms with van der Waals surface area (Å²) >= 11 is 4.83. The number of halogens is 1. The standard InChI is InChI=1S/C22H21BrN2O4S/c1-4-29-21-16(23)11-14(12-19(21)28-3)9-10-20(26)25-22-24-17(13-30-22)15-7-5-6-8-18(15)27-2/h5-13H,4H2,1-3H3,(H,24,25,26)/b10-9+. The third-order valence-electron chi connectivity index (χ3n) is 4.08. The van der Waals surface area contributed by atoms with Gasteiger partial charge in [-0.2, -0.15) is 0 Å². The molecule has 0 saturated heterocycles. The number of carbonyl (C=O) groups is 1. The molecule has 0 saturated carbocycles. The van der Waals surface area contributed by atoms with E-state index in [1.807, 2.05) is 48.7 Å². The fourth-order valence-corrected chi connectivity index (χ4v) is 4.04. The number of hydrogen-bond acceptors (Lipinski definition) is 6. The molecule has 0 unspecified atom stereocenters. The third kappa shape index (κ3) is 5.20. The first-order valence-electron chi connectivity index (χ1n) is 9.14. The molecule has 2 aromatic carbocycles. The third-order valence-corrected chi connectivity index (χ3v) is 5.43. The number of methoxy groups -OCH3 is 2. The number of para-hydroxylation sites is 1. The van der Waals surface area contributed by atoms with Crippen molar-refractivity contribution >= 4 is 44.4 Å². The zero-order chi connectivity index (χ0) is 21.5. The van der Waals surface area contributed by atoms with E-state index in [-0.39, 0.29) is 5.91 Å². The van der Waals surface area contributed by atoms with Gasteiger partial charge in [0.15, 0.2) is 16.6 Å². The highest BCUT2D eigenvalue weighted by Gasteiger charge is 2.12. The molecule has 3 aromatic rings. The van der Waals surface area contributed by atoms with Gasteiger partial charge in [0, 0.05) is 17.0 Å². The van der Waals surface area contributed by atoms with Crippen LogP contribution >= 0.6 is 27.3 Å². The van der Waals surface area contributed by atoms with Crippen LogP contribution in [0.5, 0.6) is 17.2 Å². The van der Waals surface area contributed by atoms with Gasteiger partial charge in [0.2, 0.25) is 5.91 Å². The number of ether oxygens (including phenoxy) is 3. The van der Waals surface area contributed by atoms with E-state index in [4.69, 9.17) is 14.2 Å². The number of nitrogens with zero attached hydrogens (tertiary/aromatic N) is 1. The number of rotatable bonds is 8. The first kappa shape index (κ1) is 21.9. The van der Waals surface area contributed by atoms with Gasteiger partial charge < -0.3 is 14.2 Å². The second-order valence-electron chi connectivity index (χ2n) is 6.03. The molecule has 30 heavy (non-hydrogen) atoms. The SMILES string of the molecule is CCOc1c(Br)cc(/C=C/C(=O)Nc2nc(-c3ccccc3OC)cs2)cc1OC. The Labute approximate surface area is 187 Å². The first-order chi connectivity index (χ1) is 14.5. The Kier molecular flexibility index (Phi) is 7.48. The van der Waals surface area contributed by atoms with Gasteiger partial charge in [-0.15, -0.1) is 11.3 Å². The number of amides is 1. The number of carbonyl (C=O) groups excluding carboxylic acids is 1. The molecule has 8 heteroatoms. The Bertz CT molecular complexity index is 1070. The Hall–Kier alpha value is -2.84. The van der Waals surface area contributed by atoms with E-state index in [9.17, 15) is 4.79 Å². The highest BCUT2D eigenvalue weighted by Crippen LogP contribution is 2.37. The van der Waals surface area contributed by atoms with Crippen molar-refractivity contribution in [3.05, 3.63) is 57.9 Å². The van der Waals surface area contributed by atoms with Crippen molar-refractivity contribution in [2.24, 2.45) is 0 Å². The van der Waals surface area contributed by atoms with E-state index in [1.165, 1.54) is 17.4 Å². The van der Waals surface area contributed by atoms with Gasteiger partial charge in [0.05, 0.1) is 31.0 Å². The number of benzene rings is 2. The molecule has 0 aliphatic rings. The van der Waals surface area contributed by atoms with Gasteiger partial charge in [-0.3, -0.25) is 10.1 Å². The highest BCUT2D eigenvalue weighted by molar-refractivity contribution is 9.10. The van der Waals surface area contributed by atoms with Crippen molar-refractivity contribution in [2.75, 3.05) is 26.1 Å². The van der Waals surface area contributed by atoms with Crippen LogP contribution in [0.3, 0.4) is 0 Å². The first-order valence-corrected chi connectivity index (χ1v) is 10.8. The van der Waals surface area contributed by atoms with Crippen LogP contribution in [0, 0.1) is 0 Å². The maximum Gasteiger partial charge on any atom is 0.250 e. The van der Waals surface area contributed by atoms with E-state index >= 15 is 0 Å². The monoisotopic (exact) mass is 488 g/mol. The Morgan fingerprint density at radius 1 is 1.20 bits per heavy atom. The summed E-state index contributed by atoms with van der Waals surface area (Å²) in [5, 5.41) is 5.18. The Morgan fingerprint density at radius 3 is 2.70 bits per heavy atom. The van der Waals surface area contributed by atoms with Crippen molar-refractivity contribution in [2.45, 2.75) is 6.92 Å². The van der Waals surface area contributed by atoms with Crippen LogP contribution in [-0.2, 0) is 4.79 Å². The second-order valence-corrected chi connectivity index (χ2v) is 7.74. The second kappa shape index (κ2) is 10.3. The average molecular weight is 489 g/mol. The summed E-state index contributed by atoms with van der Waals surface area (Å²) in [4.78, 5) is 16.8. The Morgan fingerprint density at radius 2 is 1.97 bits per heavy atom. The quantitative estimate of drug-likeness (QED) is 0.415. The predicted octanol–water partition coefficient (Wildman–Crippen LogP) is 5.64. The fraction of sp³-hybridized carbons (Fsp3) is 0.182. The zero-order valence-corrected chi connectivity index (χ0v) is 19.2. The lowest BCUT2D eigenvalue weighted by Crippen LogP contribution is -2.07. The van der Waals surface area contributed by atoms with Crippen molar-refractivity contribution in [1.82, 2.24) is 4.98 Å². The zero-order valence-electron chi connectivity index (χ0n) is 16.8. The fourth-order valence-electron chi connectivity index (χ4n) is 2.75. The van der Waals surface area contributed by atoms with Crippen LogP contribution in [0.1, 0.15) is 12.5 Å². The molecule has 0 spiro atoms. The summed E-state index contributed by atoms with van der Waals surface area (Å²) in [7, 11) is 3.19. The molecule has 0 radical (unpaired) electrons. The number of thiazole rings is 1. The molecule has 0 bridgehead atoms. The predicted molar refractivity (Wildman–Crippen MR) is 124 cm³/mol. The minimum absolute atomic E-state index is 0.278. The largest absolute Gasteiger partial charge is 0.496 e. The van der Waals surface area contributed by atoms with Crippen LogP contribution in [0.4, 0.5) is 5.13 Å². The van der Waals surface area contributed by atoms with Gasteiger partial charge in [-0.25, -0.2) is 4.98 Å². The van der Waals surface area contributed by atoms with Crippen LogP contribution < -0.4 is 19.5 Å². The average Bonchev–Trinajstić information content (AvgIpc) is 3.22. The van der Waals surface area contributed by atoms with Crippen molar-refractivity contribution in [1.29, 1.82) is 0 Å². The minimum atomic E-state index is -0.278. The number of nitrogens with one attached hydrogen (secondary N) is 1. The number of anilines is 1. The smallest absolute Gasteiger partial charge is 0.250 e. The van der Waals surface area contributed by atoms with Gasteiger partial charge in [-0.05, 0) is 58.8 Å². The summed E-state index contributed by atoms with van der Waals surface area (Å²) in [6.07, 6.45) is 3.15. The lowest BCUT2D eigenvalue weighted by atomic mass is 10.1. The molecule has 156 valence electrons. The van der Waals surface area contributed by atoms with E-state index < -0.39 is 0 Å². The highest BCUT2D eigenvalue weighted by atomic mass is 79.9. The van der Waals surface area contributed by atoms with Crippen LogP contribution in [0.15, 0.2) is 52.3 Å². The normalized spacial score (nSPS) is 10.8. The molecule has 0 aliphatic carbocycles. The Balaban J connectivity index is 1.71. The number of aromatic nitrogens is 1. The molecule has 0 aliphatic heterocycles. The molecule has 6 nitrogen and oxygen atoms in total. The molecular formula is C22H21BrN2O4S. The minimum Gasteiger partial charge on any atom is -0.496 e. The van der Waals surface area contributed by atoms with E-state index in [0.717, 1.165) is 27.0 Å². The molecule has 1 N–H and O–H groups in total. The van der Waals surface area contributed by atoms with E-state index in [1.54, 1.807) is 20.3 Å². The summed E-state index contributed by atoms with van der Waals surface area (Å²) in [6, 6.07) is 11.3. The van der Waals surface area contributed by atoms with Crippen LogP contribution in [-0.4, -0.2) is 31.7 Å². The topological polar surface area (TPSA) is 69.7 Å². The molecular weight excluding hydrogens is 468 g/mol. The molecule has 3 rings (SSSR count). The van der Waals surface area contributed by atoms with E-state index in [2.05, 4.69) is 26.2 Å². The molecule has 1 heterocycles. The molecule has 1 amide bonds. The van der Waals surface area contributed by atoms with Crippen LogP contribution in [0.2, 0.25) is 0 Å². The summed E-state index contributed by atoms with van der Waals surface area (Å²) < 4.78 is 17.1. The summed E-state index contributed by atoms with van der Waals surface area (Å²) in [5.41, 5.74) is 2.42. The molecule has 0 fully saturated rings. The summed E-state index contributed by atoms with van der Waals surface area (Å²) in [5.74, 6) is 1.68. The van der Waals surface area contributed by atoms with Gasteiger partial charge >= 0.3 is 0 Å². The summed E-state index contributed by atoms with van der Waals surface area (Å²) in [6.45, 7) is 2.43. The lowest BCUT2D eigenvalue weighted by molar-refractivity contribution is -0.111. The van der Waals surface area contributed by atoms with Crippen molar-refractivity contribution < 1.29 is 19.0 Å². The maximum absolute atomic E-state index is 12.3. The van der Waals surface area contributed by atoms with Crippen molar-refractivity contribution in [3.8, 4) is 28.5 Å².